The van der Waals surface area contributed by atoms with Crippen molar-refractivity contribution in [1.82, 2.24) is 9.97 Å². The van der Waals surface area contributed by atoms with E-state index in [2.05, 4.69) is 9.97 Å². The minimum atomic E-state index is -4.61. The summed E-state index contributed by atoms with van der Waals surface area (Å²) in [6.07, 6.45) is 1.30. The second kappa shape index (κ2) is 5.63. The fourth-order valence-electron chi connectivity index (χ4n) is 2.16. The number of hydrogen-bond acceptors (Lipinski definition) is 4. The summed E-state index contributed by atoms with van der Waals surface area (Å²) in [5, 5.41) is 0. The molecule has 1 aliphatic carbocycles. The van der Waals surface area contributed by atoms with Crippen molar-refractivity contribution in [1.29, 1.82) is 0 Å². The highest BCUT2D eigenvalue weighted by Crippen LogP contribution is 2.29. The van der Waals surface area contributed by atoms with Gasteiger partial charge in [0.05, 0.1) is 0 Å². The number of nitrogen functional groups attached to an aromatic ring is 1. The van der Waals surface area contributed by atoms with Gasteiger partial charge in [0.15, 0.2) is 0 Å². The summed E-state index contributed by atoms with van der Waals surface area (Å²) in [5.74, 6) is -1.58. The molecule has 0 spiro atoms. The van der Waals surface area contributed by atoms with Crippen LogP contribution in [0, 0.1) is 0 Å². The minimum Gasteiger partial charge on any atom is -0.474 e. The van der Waals surface area contributed by atoms with Gasteiger partial charge in [0.25, 0.3) is 0 Å². The lowest BCUT2D eigenvalue weighted by atomic mass is 10.1. The van der Waals surface area contributed by atoms with Crippen molar-refractivity contribution in [3.8, 4) is 5.88 Å². The monoisotopic (exact) mass is 275 g/mol. The molecule has 1 saturated carbocycles. The largest absolute Gasteiger partial charge is 0.474 e. The minimum absolute atomic E-state index is 0.0853. The molecule has 0 atom stereocenters. The molecule has 4 nitrogen and oxygen atoms in total. The van der Waals surface area contributed by atoms with Gasteiger partial charge in [0.2, 0.25) is 11.7 Å². The van der Waals surface area contributed by atoms with Crippen molar-refractivity contribution < 1.29 is 17.9 Å². The highest BCUT2D eigenvalue weighted by Gasteiger charge is 2.35. The number of nitrogens with zero attached hydrogens (tertiary/aromatic N) is 2. The van der Waals surface area contributed by atoms with E-state index in [1.165, 1.54) is 6.07 Å². The van der Waals surface area contributed by atoms with Gasteiger partial charge in [-0.2, -0.15) is 18.2 Å². The molecule has 0 saturated heterocycles. The first-order chi connectivity index (χ1) is 8.95. The quantitative estimate of drug-likeness (QED) is 0.842. The van der Waals surface area contributed by atoms with Crippen LogP contribution in [0.4, 0.5) is 19.0 Å². The maximum Gasteiger partial charge on any atom is 0.451 e. The molecule has 2 N–H and O–H groups in total. The number of aromatic nitrogens is 2. The molecule has 19 heavy (non-hydrogen) atoms. The zero-order valence-corrected chi connectivity index (χ0v) is 10.4. The van der Waals surface area contributed by atoms with E-state index in [1.807, 2.05) is 0 Å². The van der Waals surface area contributed by atoms with Crippen LogP contribution < -0.4 is 10.5 Å². The molecule has 0 radical (unpaired) electrons. The van der Waals surface area contributed by atoms with Gasteiger partial charge in [-0.15, -0.1) is 0 Å². The maximum atomic E-state index is 12.6. The van der Waals surface area contributed by atoms with Crippen molar-refractivity contribution in [3.63, 3.8) is 0 Å². The summed E-state index contributed by atoms with van der Waals surface area (Å²) in [4.78, 5) is 6.57. The third kappa shape index (κ3) is 3.97. The lowest BCUT2D eigenvalue weighted by Crippen LogP contribution is -2.18. The summed E-state index contributed by atoms with van der Waals surface area (Å²) >= 11 is 0. The van der Waals surface area contributed by atoms with Crippen LogP contribution in [0.1, 0.15) is 44.3 Å². The molecule has 0 amide bonds. The van der Waals surface area contributed by atoms with E-state index in [0.29, 0.717) is 0 Å². The smallest absolute Gasteiger partial charge is 0.451 e. The van der Waals surface area contributed by atoms with E-state index in [0.717, 1.165) is 38.5 Å². The summed E-state index contributed by atoms with van der Waals surface area (Å²) < 4.78 is 43.2. The summed E-state index contributed by atoms with van der Waals surface area (Å²) in [6, 6.07) is 1.24. The number of halogens is 3. The molecule has 0 aromatic carbocycles. The van der Waals surface area contributed by atoms with E-state index < -0.39 is 12.0 Å². The van der Waals surface area contributed by atoms with Crippen molar-refractivity contribution >= 4 is 5.82 Å². The molecule has 1 aromatic heterocycles. The Bertz CT molecular complexity index is 429. The van der Waals surface area contributed by atoms with Crippen LogP contribution in [0.3, 0.4) is 0 Å². The molecule has 1 heterocycles. The highest BCUT2D eigenvalue weighted by atomic mass is 19.4. The van der Waals surface area contributed by atoms with Gasteiger partial charge in [0.1, 0.15) is 11.9 Å². The Balaban J connectivity index is 2.13. The van der Waals surface area contributed by atoms with Gasteiger partial charge in [-0.3, -0.25) is 0 Å². The SMILES string of the molecule is Nc1cc(OC2CCCCCC2)nc(C(F)(F)F)n1. The third-order valence-corrected chi connectivity index (χ3v) is 3.07. The van der Waals surface area contributed by atoms with Gasteiger partial charge in [-0.05, 0) is 25.7 Å². The number of rotatable bonds is 2. The first kappa shape index (κ1) is 13.9. The molecule has 0 unspecified atom stereocenters. The Morgan fingerprint density at radius 3 is 2.32 bits per heavy atom. The average molecular weight is 275 g/mol. The van der Waals surface area contributed by atoms with E-state index in [-0.39, 0.29) is 17.8 Å². The van der Waals surface area contributed by atoms with Crippen LogP contribution in [0.5, 0.6) is 5.88 Å². The Kier molecular flexibility index (Phi) is 4.11. The topological polar surface area (TPSA) is 61.0 Å². The number of hydrogen-bond donors (Lipinski definition) is 1. The Hall–Kier alpha value is -1.53. The van der Waals surface area contributed by atoms with Gasteiger partial charge in [-0.25, -0.2) is 4.98 Å². The van der Waals surface area contributed by atoms with Crippen molar-refractivity contribution in [3.05, 3.63) is 11.9 Å². The Morgan fingerprint density at radius 2 is 1.74 bits per heavy atom. The molecular weight excluding hydrogens is 259 g/mol. The van der Waals surface area contributed by atoms with E-state index in [9.17, 15) is 13.2 Å². The molecule has 1 aromatic rings. The fraction of sp³-hybridized carbons (Fsp3) is 0.667. The normalized spacial score (nSPS) is 18.1. The van der Waals surface area contributed by atoms with Crippen LogP contribution >= 0.6 is 0 Å². The fourth-order valence-corrected chi connectivity index (χ4v) is 2.16. The Morgan fingerprint density at radius 1 is 1.11 bits per heavy atom. The van der Waals surface area contributed by atoms with Crippen LogP contribution in [-0.2, 0) is 6.18 Å². The summed E-state index contributed by atoms with van der Waals surface area (Å²) in [5.41, 5.74) is 5.36. The predicted molar refractivity (Wildman–Crippen MR) is 63.6 cm³/mol. The van der Waals surface area contributed by atoms with Gasteiger partial charge < -0.3 is 10.5 Å². The Labute approximate surface area is 109 Å². The van der Waals surface area contributed by atoms with E-state index >= 15 is 0 Å². The lowest BCUT2D eigenvalue weighted by Gasteiger charge is -2.17. The third-order valence-electron chi connectivity index (χ3n) is 3.07. The molecular formula is C12H16F3N3O. The molecule has 1 aliphatic rings. The van der Waals surface area contributed by atoms with Crippen molar-refractivity contribution in [2.75, 3.05) is 5.73 Å². The van der Waals surface area contributed by atoms with Gasteiger partial charge >= 0.3 is 6.18 Å². The molecule has 7 heteroatoms. The average Bonchev–Trinajstić information content (AvgIpc) is 2.55. The lowest BCUT2D eigenvalue weighted by molar-refractivity contribution is -0.145. The zero-order chi connectivity index (χ0) is 13.9. The summed E-state index contributed by atoms with van der Waals surface area (Å²) in [7, 11) is 0. The van der Waals surface area contributed by atoms with Crippen LogP contribution in [0.25, 0.3) is 0 Å². The highest BCUT2D eigenvalue weighted by molar-refractivity contribution is 5.33. The first-order valence-electron chi connectivity index (χ1n) is 6.33. The zero-order valence-electron chi connectivity index (χ0n) is 10.4. The standard InChI is InChI=1S/C12H16F3N3O/c13-12(14,15)11-17-9(16)7-10(18-11)19-8-5-3-1-2-4-6-8/h7-8H,1-6H2,(H2,16,17,18). The number of ether oxygens (including phenoxy) is 1. The molecule has 0 bridgehead atoms. The number of anilines is 1. The van der Waals surface area contributed by atoms with E-state index in [4.69, 9.17) is 10.5 Å². The van der Waals surface area contributed by atoms with Gasteiger partial charge in [-0.1, -0.05) is 12.8 Å². The summed E-state index contributed by atoms with van der Waals surface area (Å²) in [6.45, 7) is 0. The molecule has 1 fully saturated rings. The number of alkyl halides is 3. The van der Waals surface area contributed by atoms with Crippen LogP contribution in [0.2, 0.25) is 0 Å². The molecule has 0 aliphatic heterocycles. The molecule has 2 rings (SSSR count). The second-order valence-corrected chi connectivity index (χ2v) is 4.68. The predicted octanol–water partition coefficient (Wildman–Crippen LogP) is 3.18. The first-order valence-corrected chi connectivity index (χ1v) is 6.33. The maximum absolute atomic E-state index is 12.6. The number of nitrogens with two attached hydrogens (primary N) is 1. The van der Waals surface area contributed by atoms with Crippen LogP contribution in [0.15, 0.2) is 6.07 Å². The molecule has 106 valence electrons. The second-order valence-electron chi connectivity index (χ2n) is 4.68. The van der Waals surface area contributed by atoms with Crippen molar-refractivity contribution in [2.24, 2.45) is 0 Å². The van der Waals surface area contributed by atoms with E-state index in [1.54, 1.807) is 0 Å². The van der Waals surface area contributed by atoms with Crippen molar-refractivity contribution in [2.45, 2.75) is 50.8 Å². The van der Waals surface area contributed by atoms with Gasteiger partial charge in [0, 0.05) is 6.07 Å². The van der Waals surface area contributed by atoms with Crippen LogP contribution in [-0.4, -0.2) is 16.1 Å².